The minimum absolute atomic E-state index is 0.120. The van der Waals surface area contributed by atoms with Crippen LogP contribution in [-0.4, -0.2) is 61.4 Å². The number of halogens is 2. The standard InChI is InChI=1S/C14H24F2N2O3S/c15-14(16)6-10(7-14)9-22(20,21)17-12-2-1-3-13(12)18-5-4-11(19)8-18/h10-13,17,19H,1-9H2/t11?,12-,13+/m1/s1. The van der Waals surface area contributed by atoms with Crippen LogP contribution in [0.1, 0.15) is 38.5 Å². The summed E-state index contributed by atoms with van der Waals surface area (Å²) in [6.07, 6.45) is 2.41. The highest BCUT2D eigenvalue weighted by atomic mass is 32.2. The third-order valence-corrected chi connectivity index (χ3v) is 6.68. The van der Waals surface area contributed by atoms with Gasteiger partial charge in [-0.1, -0.05) is 6.42 Å². The Labute approximate surface area is 130 Å². The minimum atomic E-state index is -3.52. The molecule has 0 aromatic rings. The van der Waals surface area contributed by atoms with E-state index in [0.29, 0.717) is 6.54 Å². The lowest BCUT2D eigenvalue weighted by molar-refractivity contribution is -0.103. The molecule has 8 heteroatoms. The van der Waals surface area contributed by atoms with Crippen molar-refractivity contribution in [3.05, 3.63) is 0 Å². The average molecular weight is 338 g/mol. The van der Waals surface area contributed by atoms with E-state index in [1.165, 1.54) is 0 Å². The van der Waals surface area contributed by atoms with Crippen molar-refractivity contribution < 1.29 is 22.3 Å². The Hall–Kier alpha value is -0.310. The van der Waals surface area contributed by atoms with Crippen LogP contribution in [-0.2, 0) is 10.0 Å². The lowest BCUT2D eigenvalue weighted by atomic mass is 9.83. The zero-order valence-electron chi connectivity index (χ0n) is 12.5. The molecule has 2 aliphatic carbocycles. The second-order valence-electron chi connectivity index (χ2n) is 7.07. The van der Waals surface area contributed by atoms with Gasteiger partial charge in [0, 0.05) is 38.0 Å². The molecule has 3 aliphatic rings. The van der Waals surface area contributed by atoms with Crippen molar-refractivity contribution in [1.82, 2.24) is 9.62 Å². The molecule has 2 N–H and O–H groups in total. The maximum Gasteiger partial charge on any atom is 0.248 e. The first kappa shape index (κ1) is 16.5. The zero-order chi connectivity index (χ0) is 16.0. The van der Waals surface area contributed by atoms with Crippen molar-refractivity contribution >= 4 is 10.0 Å². The fourth-order valence-corrected chi connectivity index (χ4v) is 5.76. The highest BCUT2D eigenvalue weighted by molar-refractivity contribution is 7.89. The fraction of sp³-hybridized carbons (Fsp3) is 1.00. The maximum absolute atomic E-state index is 12.8. The highest BCUT2D eigenvalue weighted by Gasteiger charge is 2.47. The second kappa shape index (κ2) is 5.96. The van der Waals surface area contributed by atoms with E-state index in [2.05, 4.69) is 9.62 Å². The molecular weight excluding hydrogens is 314 g/mol. The summed E-state index contributed by atoms with van der Waals surface area (Å²) in [5.41, 5.74) is 0. The SMILES string of the molecule is O=S(=O)(CC1CC(F)(F)C1)N[C@@H]1CCC[C@@H]1N1CCC(O)C1. The summed E-state index contributed by atoms with van der Waals surface area (Å²) in [5, 5.41) is 9.63. The molecule has 1 aliphatic heterocycles. The molecule has 0 radical (unpaired) electrons. The van der Waals surface area contributed by atoms with Crippen molar-refractivity contribution in [2.75, 3.05) is 18.8 Å². The van der Waals surface area contributed by atoms with E-state index in [1.54, 1.807) is 0 Å². The summed E-state index contributed by atoms with van der Waals surface area (Å²) < 4.78 is 52.8. The molecule has 3 atom stereocenters. The van der Waals surface area contributed by atoms with Gasteiger partial charge in [0.15, 0.2) is 0 Å². The third-order valence-electron chi connectivity index (χ3n) is 5.10. The molecule has 0 aromatic carbocycles. The summed E-state index contributed by atoms with van der Waals surface area (Å²) in [5.74, 6) is -3.31. The summed E-state index contributed by atoms with van der Waals surface area (Å²) in [6, 6.07) is -0.0364. The number of alkyl halides is 2. The van der Waals surface area contributed by atoms with E-state index in [4.69, 9.17) is 0 Å². The third kappa shape index (κ3) is 3.77. The molecule has 22 heavy (non-hydrogen) atoms. The van der Waals surface area contributed by atoms with Crippen LogP contribution in [0.2, 0.25) is 0 Å². The van der Waals surface area contributed by atoms with Gasteiger partial charge < -0.3 is 5.11 Å². The van der Waals surface area contributed by atoms with Gasteiger partial charge in [-0.15, -0.1) is 0 Å². The predicted molar refractivity (Wildman–Crippen MR) is 78.2 cm³/mol. The lowest BCUT2D eigenvalue weighted by Gasteiger charge is -2.35. The molecule has 1 heterocycles. The minimum Gasteiger partial charge on any atom is -0.392 e. The summed E-state index contributed by atoms with van der Waals surface area (Å²) in [7, 11) is -3.52. The van der Waals surface area contributed by atoms with Gasteiger partial charge in [0.2, 0.25) is 15.9 Å². The molecule has 1 unspecified atom stereocenters. The first-order valence-corrected chi connectivity index (χ1v) is 9.69. The van der Waals surface area contributed by atoms with Crippen LogP contribution >= 0.6 is 0 Å². The number of nitrogens with one attached hydrogen (secondary N) is 1. The monoisotopic (exact) mass is 338 g/mol. The first-order chi connectivity index (χ1) is 10.2. The number of rotatable bonds is 5. The maximum atomic E-state index is 12.8. The molecule has 0 aromatic heterocycles. The van der Waals surface area contributed by atoms with E-state index < -0.39 is 21.9 Å². The van der Waals surface area contributed by atoms with Gasteiger partial charge in [-0.2, -0.15) is 0 Å². The lowest BCUT2D eigenvalue weighted by Crippen LogP contribution is -2.50. The first-order valence-electron chi connectivity index (χ1n) is 8.04. The molecule has 5 nitrogen and oxygen atoms in total. The second-order valence-corrected chi connectivity index (χ2v) is 8.87. The van der Waals surface area contributed by atoms with Crippen LogP contribution in [0, 0.1) is 5.92 Å². The van der Waals surface area contributed by atoms with Crippen LogP contribution in [0.15, 0.2) is 0 Å². The Bertz CT molecular complexity index is 506. The number of sulfonamides is 1. The number of hydrogen-bond donors (Lipinski definition) is 2. The van der Waals surface area contributed by atoms with E-state index >= 15 is 0 Å². The Morgan fingerprint density at radius 1 is 1.23 bits per heavy atom. The molecule has 0 spiro atoms. The molecule has 128 valence electrons. The predicted octanol–water partition coefficient (Wildman–Crippen LogP) is 0.939. The summed E-state index contributed by atoms with van der Waals surface area (Å²) in [6.45, 7) is 1.39. The molecule has 0 amide bonds. The Kier molecular flexibility index (Phi) is 4.48. The quantitative estimate of drug-likeness (QED) is 0.783. The fourth-order valence-electron chi connectivity index (χ4n) is 4.08. The summed E-state index contributed by atoms with van der Waals surface area (Å²) in [4.78, 5) is 2.16. The molecule has 2 saturated carbocycles. The van der Waals surface area contributed by atoms with Crippen LogP contribution in [0.25, 0.3) is 0 Å². The van der Waals surface area contributed by atoms with Gasteiger partial charge in [0.25, 0.3) is 0 Å². The molecule has 0 bridgehead atoms. The van der Waals surface area contributed by atoms with Gasteiger partial charge in [0.05, 0.1) is 11.9 Å². The number of β-amino-alcohol motifs (C(OH)–C–C–N with tert-alkyl or cyclic N) is 1. The zero-order valence-corrected chi connectivity index (χ0v) is 13.4. The van der Waals surface area contributed by atoms with Crippen LogP contribution < -0.4 is 4.72 Å². The van der Waals surface area contributed by atoms with Gasteiger partial charge in [0.1, 0.15) is 0 Å². The van der Waals surface area contributed by atoms with Crippen LogP contribution in [0.5, 0.6) is 0 Å². The van der Waals surface area contributed by atoms with E-state index in [-0.39, 0.29) is 36.8 Å². The van der Waals surface area contributed by atoms with Crippen molar-refractivity contribution in [3.8, 4) is 0 Å². The van der Waals surface area contributed by atoms with Crippen molar-refractivity contribution in [3.63, 3.8) is 0 Å². The van der Waals surface area contributed by atoms with Gasteiger partial charge >= 0.3 is 0 Å². The topological polar surface area (TPSA) is 69.6 Å². The van der Waals surface area contributed by atoms with Gasteiger partial charge in [-0.3, -0.25) is 4.90 Å². The Morgan fingerprint density at radius 2 is 1.95 bits per heavy atom. The van der Waals surface area contributed by atoms with Crippen molar-refractivity contribution in [1.29, 1.82) is 0 Å². The molecular formula is C14H24F2N2O3S. The van der Waals surface area contributed by atoms with Crippen LogP contribution in [0.3, 0.4) is 0 Å². The average Bonchev–Trinajstić information content (AvgIpc) is 2.94. The number of likely N-dealkylation sites (tertiary alicyclic amines) is 1. The largest absolute Gasteiger partial charge is 0.392 e. The Morgan fingerprint density at radius 3 is 2.55 bits per heavy atom. The van der Waals surface area contributed by atoms with Crippen molar-refractivity contribution in [2.45, 2.75) is 62.6 Å². The Balaban J connectivity index is 1.54. The molecule has 3 fully saturated rings. The number of hydrogen-bond acceptors (Lipinski definition) is 4. The van der Waals surface area contributed by atoms with E-state index in [9.17, 15) is 22.3 Å². The number of nitrogens with zero attached hydrogens (tertiary/aromatic N) is 1. The molecule has 1 saturated heterocycles. The smallest absolute Gasteiger partial charge is 0.248 e. The molecule has 3 rings (SSSR count). The van der Waals surface area contributed by atoms with Crippen molar-refractivity contribution in [2.24, 2.45) is 5.92 Å². The number of aliphatic hydroxyl groups is 1. The number of aliphatic hydroxyl groups excluding tert-OH is 1. The normalized spacial score (nSPS) is 36.6. The van der Waals surface area contributed by atoms with E-state index in [0.717, 1.165) is 32.2 Å². The van der Waals surface area contributed by atoms with Crippen LogP contribution in [0.4, 0.5) is 8.78 Å². The van der Waals surface area contributed by atoms with Gasteiger partial charge in [-0.25, -0.2) is 21.9 Å². The summed E-state index contributed by atoms with van der Waals surface area (Å²) >= 11 is 0. The van der Waals surface area contributed by atoms with E-state index in [1.807, 2.05) is 0 Å². The van der Waals surface area contributed by atoms with Gasteiger partial charge in [-0.05, 0) is 25.2 Å². The highest BCUT2D eigenvalue weighted by Crippen LogP contribution is 2.42.